The van der Waals surface area contributed by atoms with E-state index in [1.807, 2.05) is 25.4 Å². The highest BCUT2D eigenvalue weighted by atomic mass is 15.4. The molecule has 13 heavy (non-hydrogen) atoms. The molecule has 0 spiro atoms. The summed E-state index contributed by atoms with van der Waals surface area (Å²) in [6.45, 7) is 5.49. The molecule has 0 atom stereocenters. The number of hydrogen-bond donors (Lipinski definition) is 0. The predicted octanol–water partition coefficient (Wildman–Crippen LogP) is 2.14. The fourth-order valence-corrected chi connectivity index (χ4v) is 1.35. The van der Waals surface area contributed by atoms with Crippen LogP contribution in [0.5, 0.6) is 0 Å². The number of nitrogens with zero attached hydrogens (tertiary/aromatic N) is 3. The van der Waals surface area contributed by atoms with Gasteiger partial charge in [0, 0.05) is 12.6 Å². The Labute approximate surface area is 78.2 Å². The van der Waals surface area contributed by atoms with Gasteiger partial charge in [0.1, 0.15) is 0 Å². The molecule has 0 bridgehead atoms. The summed E-state index contributed by atoms with van der Waals surface area (Å²) >= 11 is 0. The van der Waals surface area contributed by atoms with Crippen molar-refractivity contribution in [1.82, 2.24) is 5.01 Å². The molecular weight excluding hydrogens is 162 g/mol. The molecule has 3 heteroatoms. The molecule has 0 aromatic heterocycles. The first kappa shape index (κ1) is 8.23. The average Bonchev–Trinajstić information content (AvgIpc) is 3.00. The van der Waals surface area contributed by atoms with Crippen molar-refractivity contribution in [3.63, 3.8) is 0 Å². The van der Waals surface area contributed by atoms with Gasteiger partial charge in [-0.3, -0.25) is 4.99 Å². The normalized spacial score (nSPS) is 24.8. The molecule has 0 aromatic rings. The van der Waals surface area contributed by atoms with Crippen LogP contribution in [-0.4, -0.2) is 17.9 Å². The van der Waals surface area contributed by atoms with Gasteiger partial charge in [-0.25, -0.2) is 5.01 Å². The Morgan fingerprint density at radius 1 is 1.69 bits per heavy atom. The Morgan fingerprint density at radius 3 is 3.00 bits per heavy atom. The fourth-order valence-electron chi connectivity index (χ4n) is 1.35. The molecule has 68 valence electrons. The van der Waals surface area contributed by atoms with E-state index in [0.717, 1.165) is 11.4 Å². The Bertz CT molecular complexity index is 308. The molecular formula is C10H13N3. The lowest BCUT2D eigenvalue weighted by molar-refractivity contribution is 0.513. The van der Waals surface area contributed by atoms with Gasteiger partial charge in [0.05, 0.1) is 23.8 Å². The maximum absolute atomic E-state index is 4.38. The number of hydrogen-bond acceptors (Lipinski definition) is 3. The standard InChI is InChI=1S/C10H13N3/c1-3-9-6-12-10(8-4-5-8)7-13(9)11-2/h3,6-8H,2,4-5H2,1H3/b9-3-. The largest absolute Gasteiger partial charge is 0.257 e. The van der Waals surface area contributed by atoms with Crippen molar-refractivity contribution in [1.29, 1.82) is 0 Å². The number of allylic oxidation sites excluding steroid dienone is 3. The van der Waals surface area contributed by atoms with E-state index in [1.54, 1.807) is 5.01 Å². The molecule has 0 amide bonds. The summed E-state index contributed by atoms with van der Waals surface area (Å²) in [5, 5.41) is 5.69. The summed E-state index contributed by atoms with van der Waals surface area (Å²) in [6.07, 6.45) is 8.32. The highest BCUT2D eigenvalue weighted by molar-refractivity contribution is 5.80. The molecule has 0 aromatic carbocycles. The average molecular weight is 175 g/mol. The van der Waals surface area contributed by atoms with Crippen LogP contribution in [0.2, 0.25) is 0 Å². The minimum absolute atomic E-state index is 0.666. The molecule has 0 N–H and O–H groups in total. The highest BCUT2D eigenvalue weighted by Gasteiger charge is 2.27. The second kappa shape index (κ2) is 3.17. The molecule has 2 aliphatic rings. The van der Waals surface area contributed by atoms with Crippen LogP contribution in [0.3, 0.4) is 0 Å². The third kappa shape index (κ3) is 1.54. The van der Waals surface area contributed by atoms with Gasteiger partial charge in [0.2, 0.25) is 0 Å². The molecule has 0 unspecified atom stereocenters. The number of rotatable bonds is 2. The van der Waals surface area contributed by atoms with Gasteiger partial charge < -0.3 is 0 Å². The smallest absolute Gasteiger partial charge is 0.0786 e. The monoisotopic (exact) mass is 175 g/mol. The van der Waals surface area contributed by atoms with Crippen molar-refractivity contribution in [3.8, 4) is 0 Å². The molecule has 0 saturated heterocycles. The van der Waals surface area contributed by atoms with Crippen LogP contribution in [0.4, 0.5) is 0 Å². The second-order valence-corrected chi connectivity index (χ2v) is 3.29. The SMILES string of the molecule is C=NN1C=C(C2CC2)N=C/C1=C/C. The zero-order chi connectivity index (χ0) is 9.26. The van der Waals surface area contributed by atoms with Crippen LogP contribution in [-0.2, 0) is 0 Å². The van der Waals surface area contributed by atoms with Gasteiger partial charge in [-0.1, -0.05) is 6.08 Å². The minimum Gasteiger partial charge on any atom is -0.257 e. The Balaban J connectivity index is 2.22. The van der Waals surface area contributed by atoms with E-state index in [0.29, 0.717) is 5.92 Å². The lowest BCUT2D eigenvalue weighted by Crippen LogP contribution is -2.14. The Morgan fingerprint density at radius 2 is 2.46 bits per heavy atom. The summed E-state index contributed by atoms with van der Waals surface area (Å²) < 4.78 is 0. The van der Waals surface area contributed by atoms with Crippen LogP contribution in [0, 0.1) is 5.92 Å². The Hall–Kier alpha value is -1.38. The van der Waals surface area contributed by atoms with Gasteiger partial charge in [-0.15, -0.1) is 0 Å². The van der Waals surface area contributed by atoms with Crippen LogP contribution >= 0.6 is 0 Å². The first-order valence-electron chi connectivity index (χ1n) is 4.53. The third-order valence-electron chi connectivity index (χ3n) is 2.31. The van der Waals surface area contributed by atoms with Crippen LogP contribution in [0.15, 0.2) is 33.8 Å². The Kier molecular flexibility index (Phi) is 2.00. The van der Waals surface area contributed by atoms with E-state index in [-0.39, 0.29) is 0 Å². The van der Waals surface area contributed by atoms with Crippen LogP contribution in [0.1, 0.15) is 19.8 Å². The second-order valence-electron chi connectivity index (χ2n) is 3.29. The zero-order valence-electron chi connectivity index (χ0n) is 7.77. The van der Waals surface area contributed by atoms with E-state index in [4.69, 9.17) is 0 Å². The molecule has 2 rings (SSSR count). The summed E-state index contributed by atoms with van der Waals surface area (Å²) in [4.78, 5) is 4.38. The molecule has 1 saturated carbocycles. The molecule has 0 radical (unpaired) electrons. The quantitative estimate of drug-likeness (QED) is 0.591. The lowest BCUT2D eigenvalue weighted by atomic mass is 10.3. The first-order chi connectivity index (χ1) is 6.35. The van der Waals surface area contributed by atoms with Crippen LogP contribution < -0.4 is 0 Å². The van der Waals surface area contributed by atoms with E-state index in [1.165, 1.54) is 12.8 Å². The van der Waals surface area contributed by atoms with Gasteiger partial charge in [-0.05, 0) is 19.8 Å². The van der Waals surface area contributed by atoms with Gasteiger partial charge >= 0.3 is 0 Å². The van der Waals surface area contributed by atoms with Crippen molar-refractivity contribution in [3.05, 3.63) is 23.7 Å². The molecule has 1 aliphatic heterocycles. The molecule has 1 heterocycles. The predicted molar refractivity (Wildman–Crippen MR) is 54.4 cm³/mol. The van der Waals surface area contributed by atoms with Crippen molar-refractivity contribution < 1.29 is 0 Å². The maximum Gasteiger partial charge on any atom is 0.0786 e. The van der Waals surface area contributed by atoms with Crippen molar-refractivity contribution >= 4 is 12.9 Å². The first-order valence-corrected chi connectivity index (χ1v) is 4.53. The maximum atomic E-state index is 4.38. The fraction of sp³-hybridized carbons (Fsp3) is 0.400. The summed E-state index contributed by atoms with van der Waals surface area (Å²) in [6, 6.07) is 0. The summed E-state index contributed by atoms with van der Waals surface area (Å²) in [5.41, 5.74) is 2.12. The number of aliphatic imine (C=N–C) groups is 1. The van der Waals surface area contributed by atoms with Gasteiger partial charge in [0.15, 0.2) is 0 Å². The van der Waals surface area contributed by atoms with E-state index < -0.39 is 0 Å². The molecule has 1 aliphatic carbocycles. The van der Waals surface area contributed by atoms with Crippen molar-refractivity contribution in [2.75, 3.05) is 0 Å². The lowest BCUT2D eigenvalue weighted by Gasteiger charge is -2.19. The summed E-state index contributed by atoms with van der Waals surface area (Å²) in [7, 11) is 0. The van der Waals surface area contributed by atoms with E-state index in [9.17, 15) is 0 Å². The van der Waals surface area contributed by atoms with Crippen molar-refractivity contribution in [2.24, 2.45) is 16.0 Å². The van der Waals surface area contributed by atoms with E-state index in [2.05, 4.69) is 16.8 Å². The summed E-state index contributed by atoms with van der Waals surface area (Å²) in [5.74, 6) is 0.666. The van der Waals surface area contributed by atoms with Crippen LogP contribution in [0.25, 0.3) is 0 Å². The van der Waals surface area contributed by atoms with Gasteiger partial charge in [-0.2, -0.15) is 5.10 Å². The minimum atomic E-state index is 0.666. The molecule has 1 fully saturated rings. The van der Waals surface area contributed by atoms with Gasteiger partial charge in [0.25, 0.3) is 0 Å². The third-order valence-corrected chi connectivity index (χ3v) is 2.31. The number of hydrazone groups is 1. The zero-order valence-corrected chi connectivity index (χ0v) is 7.77. The van der Waals surface area contributed by atoms with E-state index >= 15 is 0 Å². The van der Waals surface area contributed by atoms with Crippen molar-refractivity contribution in [2.45, 2.75) is 19.8 Å². The topological polar surface area (TPSA) is 28.0 Å². The molecule has 3 nitrogen and oxygen atoms in total. The highest BCUT2D eigenvalue weighted by Crippen LogP contribution is 2.38.